The molecule has 2 aromatic carbocycles. The summed E-state index contributed by atoms with van der Waals surface area (Å²) in [5, 5.41) is 10.8. The summed E-state index contributed by atoms with van der Waals surface area (Å²) in [6.07, 6.45) is 4.09. The average molecular weight is 532 g/mol. The van der Waals surface area contributed by atoms with E-state index < -0.39 is 0 Å². The zero-order valence-electron chi connectivity index (χ0n) is 25.0. The molecule has 0 spiro atoms. The van der Waals surface area contributed by atoms with Crippen molar-refractivity contribution in [2.24, 2.45) is 0 Å². The Morgan fingerprint density at radius 3 is 2.28 bits per heavy atom. The van der Waals surface area contributed by atoms with Crippen LogP contribution in [0.4, 0.5) is 28.4 Å². The Bertz CT molecular complexity index is 1150. The van der Waals surface area contributed by atoms with Crippen molar-refractivity contribution in [3.05, 3.63) is 71.5 Å². The highest BCUT2D eigenvalue weighted by atomic mass is 15.2. The molecule has 5 rings (SSSR count). The number of likely N-dealkylation sites (N-methyl/N-ethyl adjacent to an activating group) is 1. The second kappa shape index (κ2) is 14.6. The van der Waals surface area contributed by atoms with Gasteiger partial charge < -0.3 is 31.5 Å². The lowest BCUT2D eigenvalue weighted by Gasteiger charge is -2.34. The van der Waals surface area contributed by atoms with E-state index >= 15 is 0 Å². The van der Waals surface area contributed by atoms with Crippen LogP contribution in [0.25, 0.3) is 0 Å². The zero-order chi connectivity index (χ0) is 28.4. The lowest BCUT2D eigenvalue weighted by atomic mass is 10.0. The van der Waals surface area contributed by atoms with Crippen molar-refractivity contribution >= 4 is 28.4 Å². The molecule has 1 fully saturated rings. The Balaban J connectivity index is 0.000000787. The number of nitrogen functional groups attached to an aromatic ring is 1. The molecule has 7 heteroatoms. The normalized spacial score (nSPS) is 16.9. The summed E-state index contributed by atoms with van der Waals surface area (Å²) in [7, 11) is 2.18. The molecule has 0 amide bonds. The fourth-order valence-corrected chi connectivity index (χ4v) is 4.71. The van der Waals surface area contributed by atoms with Gasteiger partial charge in [0.25, 0.3) is 0 Å². The quantitative estimate of drug-likeness (QED) is 0.249. The first-order valence-corrected chi connectivity index (χ1v) is 14.6. The number of nitrogens with one attached hydrogen (secondary N) is 3. The first kappa shape index (κ1) is 30.1. The van der Waals surface area contributed by atoms with E-state index in [0.29, 0.717) is 0 Å². The number of rotatable bonds is 6. The number of piperazine rings is 1. The van der Waals surface area contributed by atoms with Crippen LogP contribution in [0, 0.1) is 6.92 Å². The second-order valence-electron chi connectivity index (χ2n) is 10.2. The average Bonchev–Trinajstić information content (AvgIpc) is 3.38. The topological polar surface area (TPSA) is 81.5 Å². The molecule has 39 heavy (non-hydrogen) atoms. The number of hydrogen-bond donors (Lipinski definition) is 4. The van der Waals surface area contributed by atoms with Crippen LogP contribution in [0.5, 0.6) is 0 Å². The number of hydrogen-bond acceptors (Lipinski definition) is 7. The van der Waals surface area contributed by atoms with Crippen LogP contribution in [0.1, 0.15) is 76.5 Å². The minimum absolute atomic E-state index is 0.0187. The first-order chi connectivity index (χ1) is 18.9. The van der Waals surface area contributed by atoms with Crippen molar-refractivity contribution in [3.8, 4) is 0 Å². The van der Waals surface area contributed by atoms with Crippen LogP contribution in [0.3, 0.4) is 0 Å². The molecule has 2 aliphatic heterocycles. The van der Waals surface area contributed by atoms with Gasteiger partial charge in [0.05, 0.1) is 34.5 Å². The molecule has 7 nitrogen and oxygen atoms in total. The summed E-state index contributed by atoms with van der Waals surface area (Å²) in [6, 6.07) is 17.3. The molecule has 1 saturated heterocycles. The van der Waals surface area contributed by atoms with Crippen molar-refractivity contribution in [2.75, 3.05) is 59.8 Å². The maximum Gasteiger partial charge on any atom is 0.141 e. The standard InChI is InChI=1S/C27H35N7.C3H8.C2H6/c1-4-22(30-25-16-20(7-8-21(25)28)34-13-11-33(3)12-14-34)19-6-10-23-26(15-19)32-27(31-23)24-9-5-18(2)17-29-24;1-3-2;1-2/h5-10,15-17,22,27,30-32H,4,11-14,28H2,1-3H3;3H2,1-2H3;1-2H3. The van der Waals surface area contributed by atoms with Crippen LogP contribution in [0.15, 0.2) is 54.7 Å². The number of nitrogens with zero attached hydrogens (tertiary/aromatic N) is 3. The summed E-state index contributed by atoms with van der Waals surface area (Å²) >= 11 is 0. The Kier molecular flexibility index (Phi) is 11.3. The zero-order valence-corrected chi connectivity index (χ0v) is 25.0. The molecule has 3 aromatic rings. The van der Waals surface area contributed by atoms with E-state index in [4.69, 9.17) is 5.73 Å². The summed E-state index contributed by atoms with van der Waals surface area (Å²) in [4.78, 5) is 9.39. The van der Waals surface area contributed by atoms with E-state index in [1.54, 1.807) is 0 Å². The summed E-state index contributed by atoms with van der Waals surface area (Å²) < 4.78 is 0. The van der Waals surface area contributed by atoms with E-state index in [1.807, 2.05) is 26.1 Å². The van der Waals surface area contributed by atoms with Crippen LogP contribution in [0.2, 0.25) is 0 Å². The summed E-state index contributed by atoms with van der Waals surface area (Å²) in [5.41, 5.74) is 15.0. The van der Waals surface area contributed by atoms with Crippen LogP contribution >= 0.6 is 0 Å². The van der Waals surface area contributed by atoms with Gasteiger partial charge in [-0.2, -0.15) is 0 Å². The van der Waals surface area contributed by atoms with Crippen LogP contribution < -0.4 is 26.6 Å². The number of benzene rings is 2. The molecule has 2 unspecified atom stereocenters. The van der Waals surface area contributed by atoms with Crippen LogP contribution in [-0.2, 0) is 0 Å². The monoisotopic (exact) mass is 531 g/mol. The Labute approximate surface area is 236 Å². The highest BCUT2D eigenvalue weighted by molar-refractivity contribution is 5.77. The van der Waals surface area contributed by atoms with Gasteiger partial charge in [0.1, 0.15) is 6.17 Å². The molecule has 0 bridgehead atoms. The Hall–Kier alpha value is -3.45. The summed E-state index contributed by atoms with van der Waals surface area (Å²) in [5.74, 6) is 0. The van der Waals surface area contributed by atoms with Crippen molar-refractivity contribution < 1.29 is 0 Å². The molecule has 2 atom stereocenters. The predicted molar refractivity (Wildman–Crippen MR) is 170 cm³/mol. The van der Waals surface area contributed by atoms with Crippen molar-refractivity contribution in [2.45, 2.75) is 66.6 Å². The number of fused-ring (bicyclic) bond motifs is 1. The molecule has 0 radical (unpaired) electrons. The molecule has 1 aromatic heterocycles. The highest BCUT2D eigenvalue weighted by Gasteiger charge is 2.24. The van der Waals surface area contributed by atoms with Crippen molar-refractivity contribution in [1.29, 1.82) is 0 Å². The number of aryl methyl sites for hydroxylation is 1. The van der Waals surface area contributed by atoms with Crippen molar-refractivity contribution in [1.82, 2.24) is 9.88 Å². The van der Waals surface area contributed by atoms with E-state index in [0.717, 1.165) is 66.6 Å². The lowest BCUT2D eigenvalue weighted by Crippen LogP contribution is -2.44. The third kappa shape index (κ3) is 7.79. The predicted octanol–water partition coefficient (Wildman–Crippen LogP) is 7.27. The number of aromatic nitrogens is 1. The third-order valence-electron chi connectivity index (χ3n) is 6.92. The number of anilines is 5. The molecule has 212 valence electrons. The van der Waals surface area contributed by atoms with E-state index in [1.165, 1.54) is 17.7 Å². The Morgan fingerprint density at radius 1 is 0.949 bits per heavy atom. The second-order valence-corrected chi connectivity index (χ2v) is 10.2. The van der Waals surface area contributed by atoms with Crippen LogP contribution in [-0.4, -0.2) is 43.1 Å². The van der Waals surface area contributed by atoms with Crippen molar-refractivity contribution in [3.63, 3.8) is 0 Å². The lowest BCUT2D eigenvalue weighted by molar-refractivity contribution is 0.313. The molecule has 5 N–H and O–H groups in total. The van der Waals surface area contributed by atoms with Gasteiger partial charge >= 0.3 is 0 Å². The van der Waals surface area contributed by atoms with Gasteiger partial charge in [-0.1, -0.05) is 53.2 Å². The van der Waals surface area contributed by atoms with Gasteiger partial charge in [-0.15, -0.1) is 0 Å². The van der Waals surface area contributed by atoms with Gasteiger partial charge in [-0.25, -0.2) is 0 Å². The van der Waals surface area contributed by atoms with Gasteiger partial charge in [0.15, 0.2) is 0 Å². The number of nitrogens with two attached hydrogens (primary N) is 1. The highest BCUT2D eigenvalue weighted by Crippen LogP contribution is 2.38. The molecule has 0 aliphatic carbocycles. The largest absolute Gasteiger partial charge is 0.397 e. The van der Waals surface area contributed by atoms with E-state index in [-0.39, 0.29) is 12.2 Å². The fourth-order valence-electron chi connectivity index (χ4n) is 4.71. The molecule has 3 heterocycles. The summed E-state index contributed by atoms with van der Waals surface area (Å²) in [6.45, 7) is 16.8. The molecular weight excluding hydrogens is 482 g/mol. The SMILES string of the molecule is CC.CCC.CCC(Nc1cc(N2CCN(C)CC2)ccc1N)c1ccc2c(c1)NC(c1ccc(C)cn1)N2. The smallest absolute Gasteiger partial charge is 0.141 e. The van der Waals surface area contributed by atoms with Gasteiger partial charge in [-0.05, 0) is 67.9 Å². The minimum Gasteiger partial charge on any atom is -0.397 e. The molecule has 2 aliphatic rings. The fraction of sp³-hybridized carbons (Fsp3) is 0.469. The third-order valence-corrected chi connectivity index (χ3v) is 6.92. The maximum absolute atomic E-state index is 6.39. The van der Waals surface area contributed by atoms with E-state index in [9.17, 15) is 0 Å². The first-order valence-electron chi connectivity index (χ1n) is 14.6. The number of pyridine rings is 1. The van der Waals surface area contributed by atoms with Gasteiger partial charge in [0.2, 0.25) is 0 Å². The molecular formula is C32H49N7. The van der Waals surface area contributed by atoms with Gasteiger partial charge in [0, 0.05) is 38.1 Å². The molecule has 0 saturated carbocycles. The Morgan fingerprint density at radius 2 is 1.64 bits per heavy atom. The minimum atomic E-state index is -0.0187. The maximum atomic E-state index is 6.39. The van der Waals surface area contributed by atoms with Gasteiger partial charge in [-0.3, -0.25) is 4.98 Å². The van der Waals surface area contributed by atoms with E-state index in [2.05, 4.69) is 108 Å².